The molecule has 4 rings (SSSR count). The molecular formula is C21H29N5O2. The highest BCUT2D eigenvalue weighted by molar-refractivity contribution is 5.89. The van der Waals surface area contributed by atoms with Gasteiger partial charge in [0.15, 0.2) is 5.82 Å². The number of likely N-dealkylation sites (tertiary alicyclic amines) is 1. The first-order valence-corrected chi connectivity index (χ1v) is 10.5. The molecule has 2 fully saturated rings. The topological polar surface area (TPSA) is 73.1 Å². The average molecular weight is 383 g/mol. The highest BCUT2D eigenvalue weighted by Gasteiger charge is 2.46. The van der Waals surface area contributed by atoms with Crippen LogP contribution >= 0.6 is 0 Å². The Morgan fingerprint density at radius 3 is 2.50 bits per heavy atom. The number of tetrazole rings is 1. The summed E-state index contributed by atoms with van der Waals surface area (Å²) in [5.74, 6) is 1.38. The molecule has 1 saturated heterocycles. The van der Waals surface area contributed by atoms with Gasteiger partial charge in [0.25, 0.3) is 0 Å². The molecule has 0 atom stereocenters. The van der Waals surface area contributed by atoms with Crippen LogP contribution in [0.2, 0.25) is 0 Å². The van der Waals surface area contributed by atoms with Gasteiger partial charge in [-0.2, -0.15) is 4.68 Å². The smallest absolute Gasteiger partial charge is 0.338 e. The third kappa shape index (κ3) is 3.43. The molecule has 0 radical (unpaired) electrons. The molecule has 28 heavy (non-hydrogen) atoms. The Hall–Kier alpha value is -2.28. The Morgan fingerprint density at radius 2 is 1.86 bits per heavy atom. The number of carbonyl (C=O) groups is 1. The van der Waals surface area contributed by atoms with E-state index in [-0.39, 0.29) is 11.5 Å². The number of esters is 1. The first-order chi connectivity index (χ1) is 13.6. The van der Waals surface area contributed by atoms with Crippen molar-refractivity contribution >= 4 is 5.97 Å². The number of ether oxygens (including phenoxy) is 1. The monoisotopic (exact) mass is 383 g/mol. The highest BCUT2D eigenvalue weighted by atomic mass is 16.5. The van der Waals surface area contributed by atoms with Gasteiger partial charge in [0, 0.05) is 0 Å². The quantitative estimate of drug-likeness (QED) is 0.738. The molecule has 2 aliphatic rings. The third-order valence-electron chi connectivity index (χ3n) is 6.32. The maximum absolute atomic E-state index is 11.9. The fourth-order valence-corrected chi connectivity index (χ4v) is 4.67. The number of carbonyl (C=O) groups excluding carboxylic acids is 1. The molecule has 0 N–H and O–H groups in total. The maximum atomic E-state index is 11.9. The number of benzene rings is 1. The molecule has 150 valence electrons. The van der Waals surface area contributed by atoms with Crippen LogP contribution in [0.25, 0.3) is 5.69 Å². The first kappa shape index (κ1) is 19.1. The largest absolute Gasteiger partial charge is 0.462 e. The third-order valence-corrected chi connectivity index (χ3v) is 6.32. The summed E-state index contributed by atoms with van der Waals surface area (Å²) in [5.41, 5.74) is 1.33. The van der Waals surface area contributed by atoms with Crippen molar-refractivity contribution in [1.29, 1.82) is 0 Å². The van der Waals surface area contributed by atoms with Gasteiger partial charge in [0.2, 0.25) is 0 Å². The molecular weight excluding hydrogens is 354 g/mol. The highest BCUT2D eigenvalue weighted by Crippen LogP contribution is 2.45. The van der Waals surface area contributed by atoms with Crippen molar-refractivity contribution in [3.05, 3.63) is 35.7 Å². The van der Waals surface area contributed by atoms with Crippen LogP contribution in [-0.4, -0.2) is 50.8 Å². The summed E-state index contributed by atoms with van der Waals surface area (Å²) in [6.07, 6.45) is 7.07. The fourth-order valence-electron chi connectivity index (χ4n) is 4.67. The Balaban J connectivity index is 1.68. The normalized spacial score (nSPS) is 25.7. The molecule has 1 saturated carbocycles. The second kappa shape index (κ2) is 7.99. The molecule has 7 nitrogen and oxygen atoms in total. The van der Waals surface area contributed by atoms with Gasteiger partial charge in [-0.3, -0.25) is 4.90 Å². The van der Waals surface area contributed by atoms with E-state index in [1.54, 1.807) is 12.1 Å². The maximum Gasteiger partial charge on any atom is 0.338 e. The average Bonchev–Trinajstić information content (AvgIpc) is 3.42. The van der Waals surface area contributed by atoms with Crippen molar-refractivity contribution in [1.82, 2.24) is 25.1 Å². The predicted octanol–water partition coefficient (Wildman–Crippen LogP) is 3.34. The van der Waals surface area contributed by atoms with E-state index in [1.807, 2.05) is 23.7 Å². The van der Waals surface area contributed by atoms with Gasteiger partial charge in [-0.15, -0.1) is 5.10 Å². The first-order valence-electron chi connectivity index (χ1n) is 10.5. The molecule has 0 unspecified atom stereocenters. The van der Waals surface area contributed by atoms with Gasteiger partial charge in [0.05, 0.1) is 23.4 Å². The van der Waals surface area contributed by atoms with Crippen LogP contribution in [0.3, 0.4) is 0 Å². The summed E-state index contributed by atoms with van der Waals surface area (Å²) in [5, 5.41) is 12.9. The second-order valence-corrected chi connectivity index (χ2v) is 8.09. The van der Waals surface area contributed by atoms with Crippen molar-refractivity contribution in [2.75, 3.05) is 19.7 Å². The van der Waals surface area contributed by atoms with Crippen LogP contribution in [0.5, 0.6) is 0 Å². The zero-order valence-electron chi connectivity index (χ0n) is 16.8. The number of hydrogen-bond acceptors (Lipinski definition) is 6. The lowest BCUT2D eigenvalue weighted by Crippen LogP contribution is -2.48. The molecule has 1 aromatic carbocycles. The zero-order chi connectivity index (χ0) is 19.6. The molecule has 2 aromatic rings. The Kier molecular flexibility index (Phi) is 5.44. The Labute approximate surface area is 166 Å². The van der Waals surface area contributed by atoms with Crippen LogP contribution in [-0.2, 0) is 10.3 Å². The van der Waals surface area contributed by atoms with Crippen LogP contribution in [0, 0.1) is 5.92 Å². The van der Waals surface area contributed by atoms with E-state index < -0.39 is 0 Å². The van der Waals surface area contributed by atoms with Crippen molar-refractivity contribution < 1.29 is 9.53 Å². The number of aromatic nitrogens is 4. The van der Waals surface area contributed by atoms with E-state index in [1.165, 1.54) is 25.7 Å². The lowest BCUT2D eigenvalue weighted by Gasteiger charge is -2.44. The molecule has 0 spiro atoms. The molecule has 1 aliphatic heterocycles. The van der Waals surface area contributed by atoms with E-state index in [9.17, 15) is 4.79 Å². The molecule has 1 aliphatic carbocycles. The van der Waals surface area contributed by atoms with Crippen molar-refractivity contribution in [3.63, 3.8) is 0 Å². The predicted molar refractivity (Wildman–Crippen MR) is 105 cm³/mol. The summed E-state index contributed by atoms with van der Waals surface area (Å²) in [7, 11) is 0. The lowest BCUT2D eigenvalue weighted by atomic mass is 9.75. The van der Waals surface area contributed by atoms with Crippen LogP contribution < -0.4 is 0 Å². The summed E-state index contributed by atoms with van der Waals surface area (Å²) in [6.45, 7) is 6.74. The zero-order valence-corrected chi connectivity index (χ0v) is 16.8. The van der Waals surface area contributed by atoms with Gasteiger partial charge in [-0.1, -0.05) is 6.92 Å². The lowest BCUT2D eigenvalue weighted by molar-refractivity contribution is 0.0455. The van der Waals surface area contributed by atoms with Gasteiger partial charge in [-0.25, -0.2) is 4.79 Å². The summed E-state index contributed by atoms with van der Waals surface area (Å²) >= 11 is 0. The van der Waals surface area contributed by atoms with Gasteiger partial charge in [-0.05, 0) is 99.1 Å². The molecule has 0 amide bonds. The van der Waals surface area contributed by atoms with Gasteiger partial charge in [0.1, 0.15) is 0 Å². The van der Waals surface area contributed by atoms with E-state index in [0.717, 1.165) is 43.4 Å². The molecule has 1 aromatic heterocycles. The number of rotatable bonds is 5. The SMILES string of the molecule is CCOC(=O)c1ccc(-n2nnnc2C2(N3CCCC3)CCC(C)CC2)cc1. The van der Waals surface area contributed by atoms with Crippen molar-refractivity contribution in [2.24, 2.45) is 5.92 Å². The fraction of sp³-hybridized carbons (Fsp3) is 0.619. The number of hydrogen-bond donors (Lipinski definition) is 0. The number of nitrogens with zero attached hydrogens (tertiary/aromatic N) is 5. The van der Waals surface area contributed by atoms with Crippen molar-refractivity contribution in [2.45, 2.75) is 57.9 Å². The summed E-state index contributed by atoms with van der Waals surface area (Å²) in [4.78, 5) is 14.5. The van der Waals surface area contributed by atoms with Gasteiger partial charge >= 0.3 is 5.97 Å². The summed E-state index contributed by atoms with van der Waals surface area (Å²) in [6, 6.07) is 7.36. The molecule has 0 bridgehead atoms. The van der Waals surface area contributed by atoms with Crippen molar-refractivity contribution in [3.8, 4) is 5.69 Å². The summed E-state index contributed by atoms with van der Waals surface area (Å²) < 4.78 is 6.94. The standard InChI is InChI=1S/C21H29N5O2/c1-3-28-19(27)17-6-8-18(9-7-17)26-20(22-23-24-26)21(25-14-4-5-15-25)12-10-16(2)11-13-21/h6-9,16H,3-5,10-15H2,1-2H3. The Bertz CT molecular complexity index is 802. The molecule has 2 heterocycles. The van der Waals surface area contributed by atoms with Crippen LogP contribution in [0.1, 0.15) is 68.6 Å². The minimum Gasteiger partial charge on any atom is -0.462 e. The Morgan fingerprint density at radius 1 is 1.18 bits per heavy atom. The minimum absolute atomic E-state index is 0.0909. The minimum atomic E-state index is -0.305. The van der Waals surface area contributed by atoms with Crippen LogP contribution in [0.15, 0.2) is 24.3 Å². The van der Waals surface area contributed by atoms with E-state index >= 15 is 0 Å². The molecule has 7 heteroatoms. The van der Waals surface area contributed by atoms with Gasteiger partial charge < -0.3 is 4.74 Å². The van der Waals surface area contributed by atoms with E-state index in [2.05, 4.69) is 27.3 Å². The van der Waals surface area contributed by atoms with E-state index in [0.29, 0.717) is 12.2 Å². The van der Waals surface area contributed by atoms with Crippen LogP contribution in [0.4, 0.5) is 0 Å². The second-order valence-electron chi connectivity index (χ2n) is 8.09. The van der Waals surface area contributed by atoms with E-state index in [4.69, 9.17) is 4.74 Å².